The lowest BCUT2D eigenvalue weighted by atomic mass is 10.2. The molecule has 122 valence electrons. The third kappa shape index (κ3) is 5.07. The van der Waals surface area contributed by atoms with Gasteiger partial charge in [-0.2, -0.15) is 0 Å². The highest BCUT2D eigenvalue weighted by Gasteiger charge is 2.16. The lowest BCUT2D eigenvalue weighted by Gasteiger charge is -2.36. The summed E-state index contributed by atoms with van der Waals surface area (Å²) in [6.07, 6.45) is 1.05. The largest absolute Gasteiger partial charge is 0.370 e. The first-order valence-electron chi connectivity index (χ1n) is 7.76. The molecule has 2 rings (SSSR count). The van der Waals surface area contributed by atoms with Gasteiger partial charge in [-0.1, -0.05) is 17.7 Å². The number of hydrogen-bond acceptors (Lipinski definition) is 3. The minimum Gasteiger partial charge on any atom is -0.370 e. The maximum atomic E-state index is 6.06. The van der Waals surface area contributed by atoms with E-state index in [0.717, 1.165) is 50.7 Å². The van der Waals surface area contributed by atoms with E-state index < -0.39 is 0 Å². The van der Waals surface area contributed by atoms with E-state index in [1.165, 1.54) is 5.69 Å². The van der Waals surface area contributed by atoms with Crippen molar-refractivity contribution in [1.82, 2.24) is 9.80 Å². The van der Waals surface area contributed by atoms with Crippen LogP contribution < -0.4 is 10.6 Å². The Labute approximate surface area is 138 Å². The normalized spacial score (nSPS) is 16.9. The van der Waals surface area contributed by atoms with Crippen molar-refractivity contribution in [2.75, 3.05) is 58.3 Å². The molecule has 1 aliphatic rings. The van der Waals surface area contributed by atoms with Crippen molar-refractivity contribution in [3.63, 3.8) is 0 Å². The second-order valence-electron chi connectivity index (χ2n) is 5.80. The predicted octanol–water partition coefficient (Wildman–Crippen LogP) is 1.73. The van der Waals surface area contributed by atoms with Crippen molar-refractivity contribution in [3.05, 3.63) is 29.3 Å². The van der Waals surface area contributed by atoms with Gasteiger partial charge in [0.1, 0.15) is 0 Å². The van der Waals surface area contributed by atoms with E-state index in [-0.39, 0.29) is 0 Å². The first-order valence-corrected chi connectivity index (χ1v) is 8.14. The second-order valence-corrected chi connectivity index (χ2v) is 6.23. The van der Waals surface area contributed by atoms with Crippen LogP contribution in [-0.2, 0) is 0 Å². The smallest absolute Gasteiger partial charge is 0.190 e. The van der Waals surface area contributed by atoms with Gasteiger partial charge in [0.2, 0.25) is 0 Å². The van der Waals surface area contributed by atoms with Crippen LogP contribution in [0.25, 0.3) is 0 Å². The summed E-state index contributed by atoms with van der Waals surface area (Å²) in [5.74, 6) is 0.603. The Balaban J connectivity index is 1.70. The predicted molar refractivity (Wildman–Crippen MR) is 94.9 cm³/mol. The highest BCUT2D eigenvalue weighted by Crippen LogP contribution is 2.20. The Bertz CT molecular complexity index is 495. The Morgan fingerprint density at radius 1 is 1.27 bits per heavy atom. The molecule has 0 spiro atoms. The summed E-state index contributed by atoms with van der Waals surface area (Å²) in [7, 11) is 3.82. The summed E-state index contributed by atoms with van der Waals surface area (Å²) in [5, 5.41) is 0.802. The van der Waals surface area contributed by atoms with Crippen LogP contribution in [0.15, 0.2) is 29.3 Å². The molecule has 0 saturated carbocycles. The van der Waals surface area contributed by atoms with Crippen molar-refractivity contribution in [2.24, 2.45) is 10.7 Å². The maximum absolute atomic E-state index is 6.06. The SMILES string of the molecule is CN(C)C(N)=NCCCN1CCN(c2cccc(Cl)c2)CC1. The number of hydrogen-bond donors (Lipinski definition) is 1. The summed E-state index contributed by atoms with van der Waals surface area (Å²) in [5.41, 5.74) is 6.99. The van der Waals surface area contributed by atoms with Crippen LogP contribution in [0, 0.1) is 0 Å². The fourth-order valence-electron chi connectivity index (χ4n) is 2.53. The van der Waals surface area contributed by atoms with Crippen molar-refractivity contribution in [2.45, 2.75) is 6.42 Å². The molecule has 1 heterocycles. The van der Waals surface area contributed by atoms with Gasteiger partial charge >= 0.3 is 0 Å². The summed E-state index contributed by atoms with van der Waals surface area (Å²) in [6, 6.07) is 8.09. The van der Waals surface area contributed by atoms with E-state index in [2.05, 4.69) is 20.9 Å². The number of nitrogens with two attached hydrogens (primary N) is 1. The van der Waals surface area contributed by atoms with Crippen molar-refractivity contribution >= 4 is 23.2 Å². The maximum Gasteiger partial charge on any atom is 0.190 e. The second kappa shape index (κ2) is 8.25. The number of piperazine rings is 1. The van der Waals surface area contributed by atoms with Crippen LogP contribution >= 0.6 is 11.6 Å². The summed E-state index contributed by atoms with van der Waals surface area (Å²) in [4.78, 5) is 11.1. The van der Waals surface area contributed by atoms with Gasteiger partial charge in [0.05, 0.1) is 0 Å². The van der Waals surface area contributed by atoms with Crippen molar-refractivity contribution in [3.8, 4) is 0 Å². The number of guanidine groups is 1. The molecule has 0 bridgehead atoms. The van der Waals surface area contributed by atoms with Gasteiger partial charge < -0.3 is 15.5 Å². The number of benzene rings is 1. The Morgan fingerprint density at radius 2 is 2.00 bits per heavy atom. The van der Waals surface area contributed by atoms with Gasteiger partial charge in [-0.3, -0.25) is 9.89 Å². The van der Waals surface area contributed by atoms with Gasteiger partial charge in [-0.05, 0) is 24.6 Å². The molecule has 0 amide bonds. The molecular weight excluding hydrogens is 298 g/mol. The Morgan fingerprint density at radius 3 is 2.64 bits per heavy atom. The lowest BCUT2D eigenvalue weighted by molar-refractivity contribution is 0.256. The fraction of sp³-hybridized carbons (Fsp3) is 0.562. The van der Waals surface area contributed by atoms with Crippen molar-refractivity contribution < 1.29 is 0 Å². The zero-order valence-corrected chi connectivity index (χ0v) is 14.3. The number of anilines is 1. The van der Waals surface area contributed by atoms with Crippen LogP contribution in [0.1, 0.15) is 6.42 Å². The van der Waals surface area contributed by atoms with Gasteiger partial charge in [0.25, 0.3) is 0 Å². The standard InChI is InChI=1S/C16H26ClN5/c1-20(2)16(18)19-7-4-8-21-9-11-22(12-10-21)15-6-3-5-14(17)13-15/h3,5-6,13H,4,7-12H2,1-2H3,(H2,18,19). The third-order valence-electron chi connectivity index (χ3n) is 3.91. The zero-order valence-electron chi connectivity index (χ0n) is 13.5. The highest BCUT2D eigenvalue weighted by atomic mass is 35.5. The van der Waals surface area contributed by atoms with Gasteiger partial charge in [-0.15, -0.1) is 0 Å². The topological polar surface area (TPSA) is 48.1 Å². The van der Waals surface area contributed by atoms with E-state index in [1.54, 1.807) is 0 Å². The molecule has 2 N–H and O–H groups in total. The zero-order chi connectivity index (χ0) is 15.9. The highest BCUT2D eigenvalue weighted by molar-refractivity contribution is 6.30. The minimum absolute atomic E-state index is 0.603. The summed E-state index contributed by atoms with van der Waals surface area (Å²) >= 11 is 6.06. The quantitative estimate of drug-likeness (QED) is 0.509. The minimum atomic E-state index is 0.603. The molecule has 1 aliphatic heterocycles. The molecule has 1 aromatic carbocycles. The van der Waals surface area contributed by atoms with Crippen LogP contribution in [0.4, 0.5) is 5.69 Å². The monoisotopic (exact) mass is 323 g/mol. The molecular formula is C16H26ClN5. The van der Waals surface area contributed by atoms with Crippen LogP contribution in [0.5, 0.6) is 0 Å². The molecule has 0 aliphatic carbocycles. The molecule has 5 nitrogen and oxygen atoms in total. The van der Waals surface area contributed by atoms with Crippen LogP contribution in [0.3, 0.4) is 0 Å². The van der Waals surface area contributed by atoms with Gasteiger partial charge in [0, 0.05) is 64.1 Å². The average molecular weight is 324 g/mol. The van der Waals surface area contributed by atoms with E-state index in [9.17, 15) is 0 Å². The number of aliphatic imine (C=N–C) groups is 1. The first kappa shape index (κ1) is 16.9. The molecule has 0 aromatic heterocycles. The first-order chi connectivity index (χ1) is 10.6. The van der Waals surface area contributed by atoms with E-state index in [0.29, 0.717) is 5.96 Å². The summed E-state index contributed by atoms with van der Waals surface area (Å²) in [6.45, 7) is 6.12. The fourth-order valence-corrected chi connectivity index (χ4v) is 2.72. The number of halogens is 1. The van der Waals surface area contributed by atoms with Crippen LogP contribution in [-0.4, -0.2) is 69.1 Å². The van der Waals surface area contributed by atoms with Gasteiger partial charge in [-0.25, -0.2) is 0 Å². The average Bonchev–Trinajstić information content (AvgIpc) is 2.52. The van der Waals surface area contributed by atoms with Crippen LogP contribution in [0.2, 0.25) is 5.02 Å². The van der Waals surface area contributed by atoms with E-state index >= 15 is 0 Å². The van der Waals surface area contributed by atoms with E-state index in [1.807, 2.05) is 37.2 Å². The molecule has 1 fully saturated rings. The summed E-state index contributed by atoms with van der Waals surface area (Å²) < 4.78 is 0. The number of rotatable bonds is 5. The molecule has 22 heavy (non-hydrogen) atoms. The molecule has 6 heteroatoms. The Kier molecular flexibility index (Phi) is 6.34. The molecule has 1 saturated heterocycles. The molecule has 0 radical (unpaired) electrons. The number of nitrogens with zero attached hydrogens (tertiary/aromatic N) is 4. The third-order valence-corrected chi connectivity index (χ3v) is 4.15. The van der Waals surface area contributed by atoms with Gasteiger partial charge in [0.15, 0.2) is 5.96 Å². The van der Waals surface area contributed by atoms with Crippen molar-refractivity contribution in [1.29, 1.82) is 0 Å². The molecule has 1 aromatic rings. The molecule has 0 unspecified atom stereocenters. The lowest BCUT2D eigenvalue weighted by Crippen LogP contribution is -2.46. The van der Waals surface area contributed by atoms with E-state index in [4.69, 9.17) is 17.3 Å². The molecule has 0 atom stereocenters. The Hall–Kier alpha value is -1.46.